The van der Waals surface area contributed by atoms with Crippen LogP contribution >= 0.6 is 23.1 Å². The normalized spacial score (nSPS) is 26.5. The summed E-state index contributed by atoms with van der Waals surface area (Å²) in [5.74, 6) is 1.82. The van der Waals surface area contributed by atoms with E-state index in [9.17, 15) is 0 Å². The van der Waals surface area contributed by atoms with Gasteiger partial charge in [0.25, 0.3) is 0 Å². The zero-order valence-corrected chi connectivity index (χ0v) is 12.4. The van der Waals surface area contributed by atoms with Crippen LogP contribution in [0.5, 0.6) is 0 Å². The smallest absolute Gasteiger partial charge is 0.157 e. The van der Waals surface area contributed by atoms with Gasteiger partial charge >= 0.3 is 0 Å². The van der Waals surface area contributed by atoms with Crippen molar-refractivity contribution in [2.75, 3.05) is 5.75 Å². The van der Waals surface area contributed by atoms with E-state index in [1.165, 1.54) is 4.88 Å². The molecule has 1 N–H and O–H groups in total. The Balaban J connectivity index is 1.99. The number of aliphatic imine (C=N–C) groups is 1. The van der Waals surface area contributed by atoms with Gasteiger partial charge in [-0.1, -0.05) is 18.7 Å². The molecule has 1 aromatic heterocycles. The van der Waals surface area contributed by atoms with Gasteiger partial charge in [-0.2, -0.15) is 0 Å². The highest BCUT2D eigenvalue weighted by molar-refractivity contribution is 8.13. The van der Waals surface area contributed by atoms with Gasteiger partial charge < -0.3 is 5.32 Å². The molecular weight excluding hydrogens is 250 g/mol. The number of thioether (sulfide) groups is 1. The van der Waals surface area contributed by atoms with Crippen molar-refractivity contribution in [3.8, 4) is 0 Å². The summed E-state index contributed by atoms with van der Waals surface area (Å²) >= 11 is 3.57. The summed E-state index contributed by atoms with van der Waals surface area (Å²) in [7, 11) is 0. The third kappa shape index (κ3) is 3.22. The molecule has 0 bridgehead atoms. The number of hydrogen-bond donors (Lipinski definition) is 1. The molecule has 0 spiro atoms. The lowest BCUT2D eigenvalue weighted by Crippen LogP contribution is -2.31. The molecule has 2 rings (SSSR count). The molecule has 0 aromatic carbocycles. The molecule has 0 amide bonds. The molecular formula is C12H19N3S2. The van der Waals surface area contributed by atoms with E-state index in [2.05, 4.69) is 43.0 Å². The predicted molar refractivity (Wildman–Crippen MR) is 76.9 cm³/mol. The fraction of sp³-hybridized carbons (Fsp3) is 0.667. The van der Waals surface area contributed by atoms with E-state index >= 15 is 0 Å². The molecule has 3 nitrogen and oxygen atoms in total. The number of nitrogens with one attached hydrogen (secondary N) is 1. The Morgan fingerprint density at radius 1 is 1.47 bits per heavy atom. The summed E-state index contributed by atoms with van der Waals surface area (Å²) < 4.78 is 0. The summed E-state index contributed by atoms with van der Waals surface area (Å²) in [5, 5.41) is 5.66. The molecule has 3 unspecified atom stereocenters. The summed E-state index contributed by atoms with van der Waals surface area (Å²) in [6.45, 7) is 8.67. The van der Waals surface area contributed by atoms with Gasteiger partial charge in [0.15, 0.2) is 5.17 Å². The minimum Gasteiger partial charge on any atom is -0.356 e. The maximum Gasteiger partial charge on any atom is 0.157 e. The average molecular weight is 269 g/mol. The number of amidine groups is 1. The van der Waals surface area contributed by atoms with Crippen LogP contribution in [0.3, 0.4) is 0 Å². The molecule has 3 atom stereocenters. The van der Waals surface area contributed by atoms with Crippen LogP contribution in [0.2, 0.25) is 0 Å². The Kier molecular flexibility index (Phi) is 4.09. The van der Waals surface area contributed by atoms with Gasteiger partial charge in [-0.15, -0.1) is 11.3 Å². The first-order valence-electron chi connectivity index (χ1n) is 5.95. The van der Waals surface area contributed by atoms with Crippen LogP contribution < -0.4 is 5.32 Å². The number of nitrogens with zero attached hydrogens (tertiary/aromatic N) is 2. The standard InChI is InChI=1S/C12H19N3S2/c1-7-6-16-12(14-9(7)3)15-10(4)11-13-5-8(2)17-11/h5,7,9-10H,6H2,1-4H3,(H,14,15). The second kappa shape index (κ2) is 5.40. The second-order valence-electron chi connectivity index (χ2n) is 4.64. The highest BCUT2D eigenvalue weighted by Gasteiger charge is 2.21. The SMILES string of the molecule is Cc1cnc(C(C)NC2=NC(C)C(C)CS2)s1. The molecule has 94 valence electrons. The van der Waals surface area contributed by atoms with Crippen LogP contribution in [0.4, 0.5) is 0 Å². The Morgan fingerprint density at radius 2 is 2.24 bits per heavy atom. The number of hydrogen-bond acceptors (Lipinski definition) is 5. The predicted octanol–water partition coefficient (Wildman–Crippen LogP) is 3.23. The van der Waals surface area contributed by atoms with Crippen LogP contribution in [0.1, 0.15) is 36.7 Å². The lowest BCUT2D eigenvalue weighted by Gasteiger charge is -2.25. The fourth-order valence-electron chi connectivity index (χ4n) is 1.60. The average Bonchev–Trinajstić information content (AvgIpc) is 2.70. The minimum absolute atomic E-state index is 0.251. The molecule has 2 heterocycles. The van der Waals surface area contributed by atoms with Crippen molar-refractivity contribution in [1.29, 1.82) is 0 Å². The Bertz CT molecular complexity index is 414. The van der Waals surface area contributed by atoms with Crippen molar-refractivity contribution in [3.63, 3.8) is 0 Å². The Labute approximate surface area is 111 Å². The van der Waals surface area contributed by atoms with E-state index < -0.39 is 0 Å². The number of aryl methyl sites for hydroxylation is 1. The summed E-state index contributed by atoms with van der Waals surface area (Å²) in [6, 6.07) is 0.671. The van der Waals surface area contributed by atoms with Crippen LogP contribution in [0.25, 0.3) is 0 Å². The van der Waals surface area contributed by atoms with Gasteiger partial charge in [0.05, 0.1) is 12.1 Å². The van der Waals surface area contributed by atoms with Crippen molar-refractivity contribution in [3.05, 3.63) is 16.1 Å². The molecule has 1 aliphatic heterocycles. The van der Waals surface area contributed by atoms with E-state index in [-0.39, 0.29) is 6.04 Å². The number of aromatic nitrogens is 1. The third-order valence-corrected chi connectivity index (χ3v) is 5.26. The van der Waals surface area contributed by atoms with Crippen molar-refractivity contribution >= 4 is 28.3 Å². The van der Waals surface area contributed by atoms with E-state index in [0.29, 0.717) is 12.0 Å². The lowest BCUT2D eigenvalue weighted by atomic mass is 10.1. The molecule has 1 aliphatic rings. The van der Waals surface area contributed by atoms with Gasteiger partial charge in [0.2, 0.25) is 0 Å². The summed E-state index contributed by atoms with van der Waals surface area (Å²) in [6.07, 6.45) is 1.93. The van der Waals surface area contributed by atoms with Gasteiger partial charge in [-0.25, -0.2) is 4.98 Å². The van der Waals surface area contributed by atoms with Crippen LogP contribution in [-0.4, -0.2) is 21.9 Å². The molecule has 0 radical (unpaired) electrons. The second-order valence-corrected chi connectivity index (χ2v) is 6.91. The molecule has 1 aromatic rings. The highest BCUT2D eigenvalue weighted by atomic mass is 32.2. The van der Waals surface area contributed by atoms with Crippen molar-refractivity contribution in [1.82, 2.24) is 10.3 Å². The van der Waals surface area contributed by atoms with Gasteiger partial charge in [-0.3, -0.25) is 4.99 Å². The molecule has 0 aliphatic carbocycles. The van der Waals surface area contributed by atoms with Crippen LogP contribution in [0, 0.1) is 12.8 Å². The first-order chi connectivity index (χ1) is 8.06. The number of thiazole rings is 1. The van der Waals surface area contributed by atoms with Gasteiger partial charge in [-0.05, 0) is 26.7 Å². The van der Waals surface area contributed by atoms with Gasteiger partial charge in [0, 0.05) is 16.8 Å². The monoisotopic (exact) mass is 269 g/mol. The molecule has 0 saturated carbocycles. The quantitative estimate of drug-likeness (QED) is 0.895. The number of rotatable bonds is 2. The van der Waals surface area contributed by atoms with E-state index in [1.54, 1.807) is 11.3 Å². The summed E-state index contributed by atoms with van der Waals surface area (Å²) in [4.78, 5) is 10.3. The molecule has 17 heavy (non-hydrogen) atoms. The highest BCUT2D eigenvalue weighted by Crippen LogP contribution is 2.24. The largest absolute Gasteiger partial charge is 0.356 e. The van der Waals surface area contributed by atoms with Crippen LogP contribution in [0.15, 0.2) is 11.2 Å². The topological polar surface area (TPSA) is 37.3 Å². The third-order valence-electron chi connectivity index (χ3n) is 2.98. The maximum absolute atomic E-state index is 4.68. The summed E-state index contributed by atoms with van der Waals surface area (Å²) in [5.41, 5.74) is 0. The van der Waals surface area contributed by atoms with Crippen molar-refractivity contribution in [2.45, 2.75) is 39.8 Å². The molecule has 0 fully saturated rings. The van der Waals surface area contributed by atoms with Crippen LogP contribution in [-0.2, 0) is 0 Å². The zero-order chi connectivity index (χ0) is 12.4. The van der Waals surface area contributed by atoms with E-state index in [4.69, 9.17) is 0 Å². The van der Waals surface area contributed by atoms with E-state index in [0.717, 1.165) is 15.9 Å². The minimum atomic E-state index is 0.251. The maximum atomic E-state index is 4.68. The zero-order valence-electron chi connectivity index (χ0n) is 10.7. The van der Waals surface area contributed by atoms with Gasteiger partial charge in [0.1, 0.15) is 5.01 Å². The van der Waals surface area contributed by atoms with Crippen molar-refractivity contribution < 1.29 is 0 Å². The van der Waals surface area contributed by atoms with Crippen molar-refractivity contribution in [2.24, 2.45) is 10.9 Å². The lowest BCUT2D eigenvalue weighted by molar-refractivity contribution is 0.532. The molecule has 0 saturated heterocycles. The van der Waals surface area contributed by atoms with E-state index in [1.807, 2.05) is 18.0 Å². The Morgan fingerprint density at radius 3 is 2.82 bits per heavy atom. The Hall–Kier alpha value is -0.550. The fourth-order valence-corrected chi connectivity index (χ4v) is 3.57. The first kappa shape index (κ1) is 12.9. The first-order valence-corrected chi connectivity index (χ1v) is 7.76. The molecule has 5 heteroatoms.